The van der Waals surface area contributed by atoms with E-state index in [0.717, 1.165) is 21.3 Å². The number of hydrazine groups is 1. The van der Waals surface area contributed by atoms with E-state index in [2.05, 4.69) is 31.3 Å². The van der Waals surface area contributed by atoms with Crippen molar-refractivity contribution in [3.63, 3.8) is 0 Å². The van der Waals surface area contributed by atoms with Gasteiger partial charge in [-0.3, -0.25) is 0 Å². The second-order valence-electron chi connectivity index (χ2n) is 4.21. The van der Waals surface area contributed by atoms with E-state index in [1.165, 1.54) is 0 Å². The SMILES string of the molecule is Cc1nc(NN)c(C)c(Oc2ccc(Br)c(C)c2)n1. The fraction of sp³-hybridized carbons (Fsp3) is 0.231. The van der Waals surface area contributed by atoms with Crippen LogP contribution in [0, 0.1) is 20.8 Å². The molecule has 1 aromatic heterocycles. The Bertz CT molecular complexity index is 616. The number of rotatable bonds is 3. The van der Waals surface area contributed by atoms with Gasteiger partial charge in [-0.1, -0.05) is 15.9 Å². The van der Waals surface area contributed by atoms with Crippen molar-refractivity contribution in [2.75, 3.05) is 5.43 Å². The number of nitrogens with two attached hydrogens (primary N) is 1. The minimum absolute atomic E-state index is 0.502. The molecule has 2 rings (SSSR count). The molecule has 0 bridgehead atoms. The van der Waals surface area contributed by atoms with Crippen LogP contribution in [0.15, 0.2) is 22.7 Å². The molecule has 0 aliphatic rings. The summed E-state index contributed by atoms with van der Waals surface area (Å²) in [6.45, 7) is 5.65. The summed E-state index contributed by atoms with van der Waals surface area (Å²) in [6, 6.07) is 5.76. The van der Waals surface area contributed by atoms with Gasteiger partial charge in [0, 0.05) is 4.47 Å². The van der Waals surface area contributed by atoms with Crippen molar-refractivity contribution in [3.05, 3.63) is 39.6 Å². The van der Waals surface area contributed by atoms with Crippen molar-refractivity contribution in [3.8, 4) is 11.6 Å². The summed E-state index contributed by atoms with van der Waals surface area (Å²) >= 11 is 3.46. The van der Waals surface area contributed by atoms with Gasteiger partial charge in [-0.05, 0) is 44.5 Å². The molecule has 3 N–H and O–H groups in total. The molecule has 0 saturated heterocycles. The molecule has 6 heteroatoms. The number of hydrogen-bond donors (Lipinski definition) is 2. The first-order valence-corrected chi connectivity index (χ1v) is 6.56. The van der Waals surface area contributed by atoms with Gasteiger partial charge in [-0.2, -0.15) is 4.98 Å². The van der Waals surface area contributed by atoms with Crippen LogP contribution in [0.3, 0.4) is 0 Å². The smallest absolute Gasteiger partial charge is 0.227 e. The molecule has 100 valence electrons. The van der Waals surface area contributed by atoms with Gasteiger partial charge in [-0.15, -0.1) is 0 Å². The van der Waals surface area contributed by atoms with Crippen LogP contribution >= 0.6 is 15.9 Å². The van der Waals surface area contributed by atoms with Crippen LogP contribution in [0.4, 0.5) is 5.82 Å². The normalized spacial score (nSPS) is 10.4. The van der Waals surface area contributed by atoms with Crippen molar-refractivity contribution >= 4 is 21.7 Å². The van der Waals surface area contributed by atoms with E-state index in [0.29, 0.717) is 17.5 Å². The Morgan fingerprint density at radius 1 is 1.21 bits per heavy atom. The summed E-state index contributed by atoms with van der Waals surface area (Å²) in [5.74, 6) is 7.82. The second-order valence-corrected chi connectivity index (χ2v) is 5.06. The monoisotopic (exact) mass is 322 g/mol. The molecular weight excluding hydrogens is 308 g/mol. The van der Waals surface area contributed by atoms with Crippen molar-refractivity contribution < 1.29 is 4.74 Å². The summed E-state index contributed by atoms with van der Waals surface area (Å²) in [7, 11) is 0. The lowest BCUT2D eigenvalue weighted by molar-refractivity contribution is 0.455. The molecular formula is C13H15BrN4O. The van der Waals surface area contributed by atoms with Crippen LogP contribution in [-0.2, 0) is 0 Å². The highest BCUT2D eigenvalue weighted by Crippen LogP contribution is 2.29. The molecule has 0 spiro atoms. The Kier molecular flexibility index (Phi) is 4.01. The molecule has 0 atom stereocenters. The van der Waals surface area contributed by atoms with Crippen LogP contribution in [0.5, 0.6) is 11.6 Å². The maximum Gasteiger partial charge on any atom is 0.227 e. The zero-order valence-corrected chi connectivity index (χ0v) is 12.6. The number of hydrogen-bond acceptors (Lipinski definition) is 5. The predicted octanol–water partition coefficient (Wildman–Crippen LogP) is 3.24. The van der Waals surface area contributed by atoms with Crippen LogP contribution in [-0.4, -0.2) is 9.97 Å². The van der Waals surface area contributed by atoms with Crippen LogP contribution < -0.4 is 16.0 Å². The molecule has 0 fully saturated rings. The van der Waals surface area contributed by atoms with E-state index in [1.54, 1.807) is 6.92 Å². The van der Waals surface area contributed by atoms with E-state index >= 15 is 0 Å². The van der Waals surface area contributed by atoms with E-state index in [4.69, 9.17) is 10.6 Å². The highest BCUT2D eigenvalue weighted by atomic mass is 79.9. The standard InChI is InChI=1S/C13H15BrN4O/c1-7-6-10(4-5-11(7)14)19-13-8(2)12(18-15)16-9(3)17-13/h4-6H,15H2,1-3H3,(H,16,17,18). The summed E-state index contributed by atoms with van der Waals surface area (Å²) in [4.78, 5) is 8.48. The first-order valence-electron chi connectivity index (χ1n) is 5.77. The third-order valence-corrected chi connectivity index (χ3v) is 3.58. The molecule has 1 aromatic carbocycles. The number of halogens is 1. The second kappa shape index (κ2) is 5.54. The molecule has 0 amide bonds. The minimum atomic E-state index is 0.502. The van der Waals surface area contributed by atoms with Crippen LogP contribution in [0.2, 0.25) is 0 Å². The molecule has 0 radical (unpaired) electrons. The Labute approximate surface area is 120 Å². The molecule has 0 unspecified atom stereocenters. The highest BCUT2D eigenvalue weighted by Gasteiger charge is 2.11. The molecule has 5 nitrogen and oxygen atoms in total. The molecule has 0 aliphatic carbocycles. The maximum atomic E-state index is 5.80. The first kappa shape index (κ1) is 13.8. The van der Waals surface area contributed by atoms with Gasteiger partial charge in [0.1, 0.15) is 17.4 Å². The van der Waals surface area contributed by atoms with Crippen molar-refractivity contribution in [2.45, 2.75) is 20.8 Å². The predicted molar refractivity (Wildman–Crippen MR) is 78.3 cm³/mol. The van der Waals surface area contributed by atoms with Crippen molar-refractivity contribution in [1.29, 1.82) is 0 Å². The number of benzene rings is 1. The van der Waals surface area contributed by atoms with Gasteiger partial charge < -0.3 is 10.2 Å². The lowest BCUT2D eigenvalue weighted by atomic mass is 10.2. The molecule has 19 heavy (non-hydrogen) atoms. The third-order valence-electron chi connectivity index (χ3n) is 2.69. The summed E-state index contributed by atoms with van der Waals surface area (Å²) in [5, 5.41) is 0. The van der Waals surface area contributed by atoms with Crippen LogP contribution in [0.25, 0.3) is 0 Å². The van der Waals surface area contributed by atoms with E-state index in [1.807, 2.05) is 32.0 Å². The Hall–Kier alpha value is -1.66. The molecule has 0 aliphatic heterocycles. The first-order chi connectivity index (χ1) is 9.01. The quantitative estimate of drug-likeness (QED) is 0.670. The number of nitrogen functional groups attached to an aromatic ring is 1. The molecule has 2 aromatic rings. The van der Waals surface area contributed by atoms with Gasteiger partial charge in [-0.25, -0.2) is 10.8 Å². The van der Waals surface area contributed by atoms with Gasteiger partial charge in [0.05, 0.1) is 5.56 Å². The lowest BCUT2D eigenvalue weighted by Crippen LogP contribution is -2.12. The number of aryl methyl sites for hydroxylation is 2. The Balaban J connectivity index is 2.37. The Morgan fingerprint density at radius 3 is 2.58 bits per heavy atom. The van der Waals surface area contributed by atoms with Crippen molar-refractivity contribution in [2.24, 2.45) is 5.84 Å². The number of nitrogens with zero attached hydrogens (tertiary/aromatic N) is 2. The van der Waals surface area contributed by atoms with E-state index in [9.17, 15) is 0 Å². The average molecular weight is 323 g/mol. The Morgan fingerprint density at radius 2 is 1.95 bits per heavy atom. The highest BCUT2D eigenvalue weighted by molar-refractivity contribution is 9.10. The largest absolute Gasteiger partial charge is 0.439 e. The van der Waals surface area contributed by atoms with Crippen molar-refractivity contribution in [1.82, 2.24) is 9.97 Å². The van der Waals surface area contributed by atoms with Crippen LogP contribution in [0.1, 0.15) is 17.0 Å². The third kappa shape index (κ3) is 3.02. The minimum Gasteiger partial charge on any atom is -0.439 e. The number of anilines is 1. The average Bonchev–Trinajstić information content (AvgIpc) is 2.37. The molecule has 1 heterocycles. The van der Waals surface area contributed by atoms with Gasteiger partial charge in [0.2, 0.25) is 5.88 Å². The number of aromatic nitrogens is 2. The fourth-order valence-electron chi connectivity index (χ4n) is 1.63. The topological polar surface area (TPSA) is 73.1 Å². The zero-order valence-electron chi connectivity index (χ0n) is 11.0. The summed E-state index contributed by atoms with van der Waals surface area (Å²) in [5.41, 5.74) is 4.41. The summed E-state index contributed by atoms with van der Waals surface area (Å²) in [6.07, 6.45) is 0. The maximum absolute atomic E-state index is 5.80. The number of nitrogens with one attached hydrogen (secondary N) is 1. The van der Waals surface area contributed by atoms with Gasteiger partial charge in [0.25, 0.3) is 0 Å². The zero-order chi connectivity index (χ0) is 14.0. The fourth-order valence-corrected chi connectivity index (χ4v) is 1.88. The van der Waals surface area contributed by atoms with Gasteiger partial charge in [0.15, 0.2) is 0 Å². The summed E-state index contributed by atoms with van der Waals surface area (Å²) < 4.78 is 6.84. The lowest BCUT2D eigenvalue weighted by Gasteiger charge is -2.12. The van der Waals surface area contributed by atoms with E-state index in [-0.39, 0.29) is 0 Å². The van der Waals surface area contributed by atoms with Gasteiger partial charge >= 0.3 is 0 Å². The van der Waals surface area contributed by atoms with E-state index < -0.39 is 0 Å². The molecule has 0 saturated carbocycles. The number of ether oxygens (including phenoxy) is 1.